The average Bonchev–Trinajstić information content (AvgIpc) is 2.97. The molecule has 0 amide bonds. The molecule has 2 aromatic heterocycles. The molecule has 0 bridgehead atoms. The Morgan fingerprint density at radius 1 is 1.53 bits per heavy atom. The first-order valence-corrected chi connectivity index (χ1v) is 6.58. The number of nitrogens with one attached hydrogen (secondary N) is 1. The van der Waals surface area contributed by atoms with Crippen molar-refractivity contribution in [2.24, 2.45) is 5.92 Å². The number of rotatable bonds is 3. The van der Waals surface area contributed by atoms with Gasteiger partial charge in [0.05, 0.1) is 30.3 Å². The van der Waals surface area contributed by atoms with E-state index in [1.807, 2.05) is 6.92 Å². The molecule has 2 N–H and O–H groups in total. The van der Waals surface area contributed by atoms with Gasteiger partial charge in [0.25, 0.3) is 0 Å². The molecule has 3 heterocycles. The maximum Gasteiger partial charge on any atom is 0.311 e. The first-order valence-electron chi connectivity index (χ1n) is 5.81. The molecule has 0 aliphatic carbocycles. The summed E-state index contributed by atoms with van der Waals surface area (Å²) in [5, 5.41) is 13.1. The number of anilines is 1. The molecular formula is C11H12N4O3S. The van der Waals surface area contributed by atoms with Gasteiger partial charge in [0.2, 0.25) is 0 Å². The molecule has 2 atom stereocenters. The van der Waals surface area contributed by atoms with E-state index in [1.54, 1.807) is 0 Å². The van der Waals surface area contributed by atoms with Gasteiger partial charge in [0, 0.05) is 0 Å². The Morgan fingerprint density at radius 3 is 3.16 bits per heavy atom. The van der Waals surface area contributed by atoms with E-state index in [0.717, 1.165) is 15.9 Å². The summed E-state index contributed by atoms with van der Waals surface area (Å²) >= 11 is 1.30. The van der Waals surface area contributed by atoms with Gasteiger partial charge in [-0.25, -0.2) is 9.97 Å². The number of aliphatic carboxylic acids is 1. The zero-order chi connectivity index (χ0) is 13.4. The van der Waals surface area contributed by atoms with E-state index in [-0.39, 0.29) is 12.6 Å². The number of hydrogen-bond acceptors (Lipinski definition) is 7. The van der Waals surface area contributed by atoms with Crippen molar-refractivity contribution in [1.29, 1.82) is 0 Å². The summed E-state index contributed by atoms with van der Waals surface area (Å²) in [6, 6.07) is -0.283. The van der Waals surface area contributed by atoms with Gasteiger partial charge in [-0.15, -0.1) is 0 Å². The van der Waals surface area contributed by atoms with E-state index in [2.05, 4.69) is 19.7 Å². The van der Waals surface area contributed by atoms with Crippen LogP contribution in [-0.4, -0.2) is 44.7 Å². The SMILES string of the molecule is Cc1nsc2ncnc(NC3COCC3C(=O)O)c12. The zero-order valence-corrected chi connectivity index (χ0v) is 11.0. The second-order valence-corrected chi connectivity index (χ2v) is 5.16. The van der Waals surface area contributed by atoms with Crippen molar-refractivity contribution in [3.63, 3.8) is 0 Å². The van der Waals surface area contributed by atoms with Crippen molar-refractivity contribution in [3.05, 3.63) is 12.0 Å². The quantitative estimate of drug-likeness (QED) is 0.862. The van der Waals surface area contributed by atoms with E-state index < -0.39 is 11.9 Å². The molecule has 0 saturated carbocycles. The molecule has 7 nitrogen and oxygen atoms in total. The molecule has 2 aromatic rings. The van der Waals surface area contributed by atoms with E-state index >= 15 is 0 Å². The summed E-state index contributed by atoms with van der Waals surface area (Å²) < 4.78 is 9.46. The highest BCUT2D eigenvalue weighted by atomic mass is 32.1. The lowest BCUT2D eigenvalue weighted by atomic mass is 10.0. The molecule has 1 saturated heterocycles. The van der Waals surface area contributed by atoms with Crippen LogP contribution < -0.4 is 5.32 Å². The molecule has 1 aliphatic rings. The fourth-order valence-corrected chi connectivity index (χ4v) is 2.89. The second kappa shape index (κ2) is 4.71. The molecule has 0 spiro atoms. The normalized spacial score (nSPS) is 22.8. The molecule has 0 aromatic carbocycles. The van der Waals surface area contributed by atoms with Crippen LogP contribution in [0, 0.1) is 12.8 Å². The third-order valence-corrected chi connectivity index (χ3v) is 4.01. The smallest absolute Gasteiger partial charge is 0.311 e. The lowest BCUT2D eigenvalue weighted by Crippen LogP contribution is -2.33. The molecule has 100 valence electrons. The van der Waals surface area contributed by atoms with Gasteiger partial charge in [-0.3, -0.25) is 4.79 Å². The fraction of sp³-hybridized carbons (Fsp3) is 0.455. The van der Waals surface area contributed by atoms with E-state index in [0.29, 0.717) is 12.4 Å². The van der Waals surface area contributed by atoms with Gasteiger partial charge >= 0.3 is 5.97 Å². The second-order valence-electron chi connectivity index (χ2n) is 4.40. The Bertz CT molecular complexity index is 629. The van der Waals surface area contributed by atoms with Crippen LogP contribution in [0.15, 0.2) is 6.33 Å². The summed E-state index contributed by atoms with van der Waals surface area (Å²) in [4.78, 5) is 20.3. The van der Waals surface area contributed by atoms with Crippen LogP contribution >= 0.6 is 11.5 Å². The number of nitrogens with zero attached hydrogens (tertiary/aromatic N) is 3. The minimum absolute atomic E-state index is 0.224. The Morgan fingerprint density at radius 2 is 2.37 bits per heavy atom. The predicted octanol–water partition coefficient (Wildman–Crippen LogP) is 0.906. The summed E-state index contributed by atoms with van der Waals surface area (Å²) in [7, 11) is 0. The van der Waals surface area contributed by atoms with Gasteiger partial charge in [-0.1, -0.05) is 0 Å². The fourth-order valence-electron chi connectivity index (χ4n) is 2.15. The summed E-state index contributed by atoms with van der Waals surface area (Å²) in [5.41, 5.74) is 0.842. The number of carbonyl (C=O) groups is 1. The standard InChI is InChI=1S/C11H12N4O3S/c1-5-8-9(12-4-13-10(8)19-15-5)14-7-3-18-2-6(7)11(16)17/h4,6-7H,2-3H2,1H3,(H,16,17)(H,12,13,14). The number of hydrogen-bond donors (Lipinski definition) is 2. The average molecular weight is 280 g/mol. The molecule has 1 aliphatic heterocycles. The topological polar surface area (TPSA) is 97.2 Å². The predicted molar refractivity (Wildman–Crippen MR) is 69.3 cm³/mol. The number of carboxylic acids is 1. The van der Waals surface area contributed by atoms with Gasteiger partial charge in [-0.05, 0) is 18.5 Å². The van der Waals surface area contributed by atoms with Crippen molar-refractivity contribution in [2.45, 2.75) is 13.0 Å². The minimum atomic E-state index is -0.861. The van der Waals surface area contributed by atoms with Crippen molar-refractivity contribution < 1.29 is 14.6 Å². The third kappa shape index (κ3) is 2.13. The third-order valence-electron chi connectivity index (χ3n) is 3.16. The highest BCUT2D eigenvalue weighted by Gasteiger charge is 2.34. The van der Waals surface area contributed by atoms with Gasteiger partial charge < -0.3 is 15.2 Å². The summed E-state index contributed by atoms with van der Waals surface area (Å²) in [6.07, 6.45) is 1.45. The molecular weight excluding hydrogens is 268 g/mol. The molecule has 2 unspecified atom stereocenters. The number of fused-ring (bicyclic) bond motifs is 1. The van der Waals surface area contributed by atoms with Crippen molar-refractivity contribution in [1.82, 2.24) is 14.3 Å². The number of carboxylic acid groups (broad SMARTS) is 1. The van der Waals surface area contributed by atoms with Crippen molar-refractivity contribution >= 4 is 33.5 Å². The Balaban J connectivity index is 1.93. The van der Waals surface area contributed by atoms with Crippen LogP contribution in [0.3, 0.4) is 0 Å². The Kier molecular flexibility index (Phi) is 3.03. The number of aryl methyl sites for hydroxylation is 1. The maximum absolute atomic E-state index is 11.1. The Labute approximate surface area is 112 Å². The molecule has 3 rings (SSSR count). The zero-order valence-electron chi connectivity index (χ0n) is 10.2. The lowest BCUT2D eigenvalue weighted by Gasteiger charge is -2.16. The van der Waals surface area contributed by atoms with Crippen LogP contribution in [0.4, 0.5) is 5.82 Å². The minimum Gasteiger partial charge on any atom is -0.481 e. The van der Waals surface area contributed by atoms with Gasteiger partial charge in [0.15, 0.2) is 0 Å². The van der Waals surface area contributed by atoms with Gasteiger partial charge in [-0.2, -0.15) is 4.37 Å². The van der Waals surface area contributed by atoms with E-state index in [1.165, 1.54) is 17.9 Å². The summed E-state index contributed by atoms with van der Waals surface area (Å²) in [5.74, 6) is -0.796. The largest absolute Gasteiger partial charge is 0.481 e. The molecule has 8 heteroatoms. The van der Waals surface area contributed by atoms with Crippen LogP contribution in [0.1, 0.15) is 5.69 Å². The first-order chi connectivity index (χ1) is 9.16. The Hall–Kier alpha value is -1.80. The molecule has 1 fully saturated rings. The van der Waals surface area contributed by atoms with E-state index in [4.69, 9.17) is 9.84 Å². The van der Waals surface area contributed by atoms with Gasteiger partial charge in [0.1, 0.15) is 22.9 Å². The number of aromatic nitrogens is 3. The van der Waals surface area contributed by atoms with Crippen molar-refractivity contribution in [3.8, 4) is 0 Å². The molecule has 0 radical (unpaired) electrons. The van der Waals surface area contributed by atoms with Crippen LogP contribution in [-0.2, 0) is 9.53 Å². The first kappa shape index (κ1) is 12.2. The monoisotopic (exact) mass is 280 g/mol. The molecule has 19 heavy (non-hydrogen) atoms. The van der Waals surface area contributed by atoms with Crippen molar-refractivity contribution in [2.75, 3.05) is 18.5 Å². The lowest BCUT2D eigenvalue weighted by molar-refractivity contribution is -0.141. The van der Waals surface area contributed by atoms with E-state index in [9.17, 15) is 4.79 Å². The summed E-state index contributed by atoms with van der Waals surface area (Å²) in [6.45, 7) is 2.47. The maximum atomic E-state index is 11.1. The van der Waals surface area contributed by atoms with Crippen LogP contribution in [0.25, 0.3) is 10.2 Å². The van der Waals surface area contributed by atoms with Crippen LogP contribution in [0.5, 0.6) is 0 Å². The highest BCUT2D eigenvalue weighted by Crippen LogP contribution is 2.28. The highest BCUT2D eigenvalue weighted by molar-refractivity contribution is 7.13. The van der Waals surface area contributed by atoms with Crippen LogP contribution in [0.2, 0.25) is 0 Å². The number of ether oxygens (including phenoxy) is 1.